The minimum atomic E-state index is 0.493. The largest absolute Gasteiger partial charge is 0.378 e. The van der Waals surface area contributed by atoms with E-state index in [0.717, 1.165) is 13.0 Å². The average molecular weight is 271 g/mol. The summed E-state index contributed by atoms with van der Waals surface area (Å²) < 4.78 is 6.28. The number of ether oxygens (including phenoxy) is 1. The van der Waals surface area contributed by atoms with Gasteiger partial charge < -0.3 is 10.1 Å². The number of hydrogen-bond donors (Lipinski definition) is 1. The molecule has 0 spiro atoms. The first kappa shape index (κ1) is 14.7. The van der Waals surface area contributed by atoms with Crippen LogP contribution in [-0.4, -0.2) is 36.3 Å². The van der Waals surface area contributed by atoms with E-state index in [9.17, 15) is 0 Å². The van der Waals surface area contributed by atoms with E-state index in [1.165, 1.54) is 51.5 Å². The molecule has 1 saturated carbocycles. The molecule has 1 aliphatic heterocycles. The lowest BCUT2D eigenvalue weighted by atomic mass is 9.87. The van der Waals surface area contributed by atoms with Gasteiger partial charge in [0.1, 0.15) is 0 Å². The van der Waals surface area contributed by atoms with E-state index in [4.69, 9.17) is 4.74 Å². The summed E-state index contributed by atoms with van der Waals surface area (Å²) in [6, 6.07) is 0.689. The number of nitrogens with one attached hydrogen (secondary N) is 1. The Morgan fingerprint density at radius 3 is 2.72 bits per heavy atom. The Morgan fingerprint density at radius 2 is 2.06 bits per heavy atom. The summed E-state index contributed by atoms with van der Waals surface area (Å²) in [5.74, 6) is 0. The SMILES string of the molecule is CCC1CC(NCC2(SC)CCCCC2)CCO1. The first-order valence-corrected chi connectivity index (χ1v) is 8.90. The highest BCUT2D eigenvalue weighted by atomic mass is 32.2. The van der Waals surface area contributed by atoms with Crippen LogP contribution < -0.4 is 5.32 Å². The summed E-state index contributed by atoms with van der Waals surface area (Å²) >= 11 is 2.09. The third-order valence-electron chi connectivity index (χ3n) is 4.73. The van der Waals surface area contributed by atoms with E-state index in [1.54, 1.807) is 0 Å². The van der Waals surface area contributed by atoms with E-state index in [0.29, 0.717) is 16.9 Å². The summed E-state index contributed by atoms with van der Waals surface area (Å²) in [5, 5.41) is 3.85. The molecule has 18 heavy (non-hydrogen) atoms. The smallest absolute Gasteiger partial charge is 0.0587 e. The third-order valence-corrected chi connectivity index (χ3v) is 6.15. The summed E-state index contributed by atoms with van der Waals surface area (Å²) in [7, 11) is 0. The van der Waals surface area contributed by atoms with Crippen LogP contribution in [0.4, 0.5) is 0 Å². The van der Waals surface area contributed by atoms with Crippen molar-refractivity contribution in [3.05, 3.63) is 0 Å². The molecule has 0 aromatic carbocycles. The van der Waals surface area contributed by atoms with Crippen molar-refractivity contribution in [1.82, 2.24) is 5.32 Å². The maximum Gasteiger partial charge on any atom is 0.0587 e. The van der Waals surface area contributed by atoms with Crippen LogP contribution in [0.5, 0.6) is 0 Å². The van der Waals surface area contributed by atoms with Gasteiger partial charge in [-0.1, -0.05) is 26.2 Å². The molecule has 2 atom stereocenters. The predicted octanol–water partition coefficient (Wildman–Crippen LogP) is 3.60. The highest BCUT2D eigenvalue weighted by Gasteiger charge is 2.32. The van der Waals surface area contributed by atoms with Gasteiger partial charge in [-0.3, -0.25) is 0 Å². The molecule has 2 aliphatic rings. The van der Waals surface area contributed by atoms with Crippen LogP contribution in [0, 0.1) is 0 Å². The lowest BCUT2D eigenvalue weighted by molar-refractivity contribution is -0.000524. The molecule has 2 fully saturated rings. The third kappa shape index (κ3) is 3.88. The Balaban J connectivity index is 1.78. The molecule has 0 aromatic rings. The van der Waals surface area contributed by atoms with Gasteiger partial charge in [-0.05, 0) is 38.4 Å². The fourth-order valence-corrected chi connectivity index (χ4v) is 4.25. The number of thioether (sulfide) groups is 1. The maximum atomic E-state index is 5.76. The Labute approximate surface area is 117 Å². The van der Waals surface area contributed by atoms with Crippen LogP contribution in [0.2, 0.25) is 0 Å². The average Bonchev–Trinajstić information content (AvgIpc) is 2.46. The van der Waals surface area contributed by atoms with Crippen LogP contribution in [-0.2, 0) is 4.74 Å². The molecule has 0 aromatic heterocycles. The summed E-state index contributed by atoms with van der Waals surface area (Å²) in [5.41, 5.74) is 0. The summed E-state index contributed by atoms with van der Waals surface area (Å²) in [6.45, 7) is 4.38. The van der Waals surface area contributed by atoms with Crippen molar-refractivity contribution in [2.75, 3.05) is 19.4 Å². The Morgan fingerprint density at radius 1 is 1.28 bits per heavy atom. The van der Waals surface area contributed by atoms with Crippen molar-refractivity contribution < 1.29 is 4.74 Å². The quantitative estimate of drug-likeness (QED) is 0.825. The van der Waals surface area contributed by atoms with E-state index in [2.05, 4.69) is 30.3 Å². The van der Waals surface area contributed by atoms with Crippen molar-refractivity contribution in [3.63, 3.8) is 0 Å². The molecule has 0 bridgehead atoms. The summed E-state index contributed by atoms with van der Waals surface area (Å²) in [4.78, 5) is 0. The highest BCUT2D eigenvalue weighted by molar-refractivity contribution is 8.00. The molecule has 0 radical (unpaired) electrons. The molecular weight excluding hydrogens is 242 g/mol. The first-order valence-electron chi connectivity index (χ1n) is 7.68. The van der Waals surface area contributed by atoms with Gasteiger partial charge in [0, 0.05) is 23.9 Å². The topological polar surface area (TPSA) is 21.3 Å². The minimum Gasteiger partial charge on any atom is -0.378 e. The molecule has 1 N–H and O–H groups in total. The second kappa shape index (κ2) is 7.16. The Bertz CT molecular complexity index is 241. The van der Waals surface area contributed by atoms with Crippen LogP contribution in [0.25, 0.3) is 0 Å². The molecule has 2 nitrogen and oxygen atoms in total. The monoisotopic (exact) mass is 271 g/mol. The first-order chi connectivity index (χ1) is 8.78. The second-order valence-corrected chi connectivity index (χ2v) is 7.23. The van der Waals surface area contributed by atoms with Gasteiger partial charge in [0.15, 0.2) is 0 Å². The van der Waals surface area contributed by atoms with E-state index < -0.39 is 0 Å². The van der Waals surface area contributed by atoms with Crippen molar-refractivity contribution >= 4 is 11.8 Å². The van der Waals surface area contributed by atoms with Crippen molar-refractivity contribution in [3.8, 4) is 0 Å². The van der Waals surface area contributed by atoms with Gasteiger partial charge in [-0.15, -0.1) is 0 Å². The zero-order valence-electron chi connectivity index (χ0n) is 12.0. The highest BCUT2D eigenvalue weighted by Crippen LogP contribution is 2.38. The molecule has 1 saturated heterocycles. The molecule has 2 unspecified atom stereocenters. The second-order valence-electron chi connectivity index (χ2n) is 5.95. The van der Waals surface area contributed by atoms with Crippen LogP contribution in [0.1, 0.15) is 58.3 Å². The number of rotatable bonds is 5. The minimum absolute atomic E-state index is 0.493. The molecule has 0 amide bonds. The van der Waals surface area contributed by atoms with Crippen molar-refractivity contribution in [1.29, 1.82) is 0 Å². The molecule has 1 heterocycles. The molecule has 2 rings (SSSR count). The van der Waals surface area contributed by atoms with Gasteiger partial charge in [-0.25, -0.2) is 0 Å². The zero-order chi connectivity index (χ0) is 12.8. The lowest BCUT2D eigenvalue weighted by Gasteiger charge is -2.38. The molecular formula is C15H29NOS. The normalized spacial score (nSPS) is 32.3. The maximum absolute atomic E-state index is 5.76. The van der Waals surface area contributed by atoms with E-state index in [1.807, 2.05) is 0 Å². The zero-order valence-corrected chi connectivity index (χ0v) is 12.9. The van der Waals surface area contributed by atoms with E-state index in [-0.39, 0.29) is 0 Å². The van der Waals surface area contributed by atoms with Gasteiger partial charge >= 0.3 is 0 Å². The van der Waals surface area contributed by atoms with Crippen molar-refractivity contribution in [2.24, 2.45) is 0 Å². The van der Waals surface area contributed by atoms with Gasteiger partial charge in [-0.2, -0.15) is 11.8 Å². The fraction of sp³-hybridized carbons (Fsp3) is 1.00. The summed E-state index contributed by atoms with van der Waals surface area (Å²) in [6.07, 6.45) is 13.5. The van der Waals surface area contributed by atoms with E-state index >= 15 is 0 Å². The van der Waals surface area contributed by atoms with Crippen LogP contribution >= 0.6 is 11.8 Å². The fourth-order valence-electron chi connectivity index (χ4n) is 3.33. The number of hydrogen-bond acceptors (Lipinski definition) is 3. The van der Waals surface area contributed by atoms with Gasteiger partial charge in [0.05, 0.1) is 6.10 Å². The molecule has 3 heteroatoms. The standard InChI is InChI=1S/C15H29NOS/c1-3-14-11-13(7-10-17-14)16-12-15(18-2)8-5-4-6-9-15/h13-14,16H,3-12H2,1-2H3. The Hall–Kier alpha value is 0.270. The van der Waals surface area contributed by atoms with Gasteiger partial charge in [0.2, 0.25) is 0 Å². The lowest BCUT2D eigenvalue weighted by Crippen LogP contribution is -2.46. The van der Waals surface area contributed by atoms with Crippen LogP contribution in [0.15, 0.2) is 0 Å². The molecule has 1 aliphatic carbocycles. The van der Waals surface area contributed by atoms with Crippen LogP contribution in [0.3, 0.4) is 0 Å². The van der Waals surface area contributed by atoms with Crippen molar-refractivity contribution in [2.45, 2.75) is 75.2 Å². The predicted molar refractivity (Wildman–Crippen MR) is 80.4 cm³/mol. The van der Waals surface area contributed by atoms with Gasteiger partial charge in [0.25, 0.3) is 0 Å². The Kier molecular flexibility index (Phi) is 5.84. The molecule has 106 valence electrons.